The van der Waals surface area contributed by atoms with E-state index in [2.05, 4.69) is 25.7 Å². The fraction of sp³-hybridized carbons (Fsp3) is 0.375. The number of H-pyrrole nitrogens is 1. The van der Waals surface area contributed by atoms with E-state index < -0.39 is 36.0 Å². The predicted octanol–water partition coefficient (Wildman–Crippen LogP) is 2.85. The third-order valence-electron chi connectivity index (χ3n) is 5.91. The van der Waals surface area contributed by atoms with Gasteiger partial charge >= 0.3 is 0 Å². The topological polar surface area (TPSA) is 104 Å². The van der Waals surface area contributed by atoms with Crippen LogP contribution < -0.4 is 5.32 Å². The van der Waals surface area contributed by atoms with Crippen LogP contribution in [0.5, 0.6) is 0 Å². The number of nitrogens with zero attached hydrogens (tertiary/aromatic N) is 4. The van der Waals surface area contributed by atoms with Crippen LogP contribution in [0, 0.1) is 5.95 Å². The largest absolute Gasteiger partial charge is 0.342 e. The lowest BCUT2D eigenvalue weighted by atomic mass is 9.99. The molecule has 0 aliphatic carbocycles. The van der Waals surface area contributed by atoms with E-state index in [0.717, 1.165) is 0 Å². The molecule has 3 atom stereocenters. The molecule has 3 unspecified atom stereocenters. The fourth-order valence-corrected chi connectivity index (χ4v) is 4.14. The second kappa shape index (κ2) is 10.1. The quantitative estimate of drug-likeness (QED) is 0.519. The van der Waals surface area contributed by atoms with E-state index in [0.29, 0.717) is 22.5 Å². The van der Waals surface area contributed by atoms with E-state index in [1.165, 1.54) is 11.1 Å². The maximum Gasteiger partial charge on any atom is 0.243 e. The van der Waals surface area contributed by atoms with Crippen LogP contribution in [0.2, 0.25) is 0 Å². The molecule has 1 aliphatic heterocycles. The Kier molecular flexibility index (Phi) is 6.95. The van der Waals surface area contributed by atoms with Crippen LogP contribution in [-0.2, 0) is 16.0 Å². The number of nitrogens with one attached hydrogen (secondary N) is 2. The van der Waals surface area contributed by atoms with Crippen LogP contribution in [0.15, 0.2) is 48.7 Å². The fourth-order valence-electron chi connectivity index (χ4n) is 4.14. The Bertz CT molecular complexity index is 1140. The number of aromatic nitrogens is 4. The number of benzene rings is 1. The second-order valence-corrected chi connectivity index (χ2v) is 8.66. The van der Waals surface area contributed by atoms with Crippen LogP contribution in [-0.4, -0.2) is 55.9 Å². The summed E-state index contributed by atoms with van der Waals surface area (Å²) >= 11 is 0. The molecular formula is C24H26F2N6O2. The lowest BCUT2D eigenvalue weighted by Gasteiger charge is -2.26. The van der Waals surface area contributed by atoms with Gasteiger partial charge in [-0.15, -0.1) is 0 Å². The first-order valence-corrected chi connectivity index (χ1v) is 11.1. The summed E-state index contributed by atoms with van der Waals surface area (Å²) < 4.78 is 29.0. The standard InChI is InChI=1S/C24H26F2N6O2/c1-14(2)18-8-9-19(28-23(18)26)22(15-6-4-3-5-7-15)29-24(34)20-10-16(25)13-32(20)21(33)11-17-12-27-31-30-17/h3-9,12,14,16,20,22H,10-11,13H2,1-2H3,(H,29,34)(H,27,30,31). The summed E-state index contributed by atoms with van der Waals surface area (Å²) in [6.45, 7) is 3.56. The number of carbonyl (C=O) groups is 2. The maximum absolute atomic E-state index is 14.7. The van der Waals surface area contributed by atoms with Crippen LogP contribution >= 0.6 is 0 Å². The van der Waals surface area contributed by atoms with E-state index in [4.69, 9.17) is 0 Å². The van der Waals surface area contributed by atoms with Crippen LogP contribution in [0.4, 0.5) is 8.78 Å². The minimum absolute atomic E-state index is 0.0458. The molecule has 1 aliphatic rings. The average Bonchev–Trinajstić information content (AvgIpc) is 3.47. The van der Waals surface area contributed by atoms with Gasteiger partial charge in [-0.25, -0.2) is 9.37 Å². The van der Waals surface area contributed by atoms with Gasteiger partial charge in [0.05, 0.1) is 36.6 Å². The summed E-state index contributed by atoms with van der Waals surface area (Å²) in [5, 5.41) is 12.8. The smallest absolute Gasteiger partial charge is 0.243 e. The van der Waals surface area contributed by atoms with Crippen molar-refractivity contribution in [3.63, 3.8) is 0 Å². The lowest BCUT2D eigenvalue weighted by molar-refractivity contribution is -0.138. The van der Waals surface area contributed by atoms with Gasteiger partial charge in [0.2, 0.25) is 17.8 Å². The summed E-state index contributed by atoms with van der Waals surface area (Å²) in [6, 6.07) is 10.6. The van der Waals surface area contributed by atoms with E-state index in [-0.39, 0.29) is 25.3 Å². The van der Waals surface area contributed by atoms with Gasteiger partial charge in [0, 0.05) is 12.0 Å². The summed E-state index contributed by atoms with van der Waals surface area (Å²) in [4.78, 5) is 31.4. The number of rotatable bonds is 7. The van der Waals surface area contributed by atoms with Crippen LogP contribution in [0.1, 0.15) is 54.7 Å². The highest BCUT2D eigenvalue weighted by molar-refractivity contribution is 5.89. The second-order valence-electron chi connectivity index (χ2n) is 8.66. The first-order chi connectivity index (χ1) is 16.3. The van der Waals surface area contributed by atoms with Gasteiger partial charge in [-0.2, -0.15) is 19.8 Å². The van der Waals surface area contributed by atoms with Gasteiger partial charge in [-0.05, 0) is 17.5 Å². The van der Waals surface area contributed by atoms with Crippen molar-refractivity contribution in [1.82, 2.24) is 30.6 Å². The molecular weight excluding hydrogens is 442 g/mol. The van der Waals surface area contributed by atoms with Crippen LogP contribution in [0.3, 0.4) is 0 Å². The van der Waals surface area contributed by atoms with Crippen molar-refractivity contribution in [1.29, 1.82) is 0 Å². The van der Waals surface area contributed by atoms with E-state index in [1.54, 1.807) is 36.4 Å². The van der Waals surface area contributed by atoms with Gasteiger partial charge in [-0.3, -0.25) is 9.59 Å². The Morgan fingerprint density at radius 2 is 1.97 bits per heavy atom. The lowest BCUT2D eigenvalue weighted by Crippen LogP contribution is -2.47. The Labute approximate surface area is 195 Å². The molecule has 0 saturated carbocycles. The molecule has 0 radical (unpaired) electrons. The normalized spacial score (nSPS) is 18.8. The molecule has 0 spiro atoms. The molecule has 3 heterocycles. The number of hydrogen-bond donors (Lipinski definition) is 2. The van der Waals surface area contributed by atoms with Gasteiger partial charge < -0.3 is 10.2 Å². The highest BCUT2D eigenvalue weighted by atomic mass is 19.1. The van der Waals surface area contributed by atoms with E-state index in [1.807, 2.05) is 19.9 Å². The number of halogens is 2. The molecule has 2 amide bonds. The molecule has 34 heavy (non-hydrogen) atoms. The number of likely N-dealkylation sites (tertiary alicyclic amines) is 1. The van der Waals surface area contributed by atoms with E-state index in [9.17, 15) is 18.4 Å². The Morgan fingerprint density at radius 1 is 1.21 bits per heavy atom. The van der Waals surface area contributed by atoms with Crippen LogP contribution in [0.25, 0.3) is 0 Å². The summed E-state index contributed by atoms with van der Waals surface area (Å²) in [5.74, 6) is -1.60. The summed E-state index contributed by atoms with van der Waals surface area (Å²) in [6.07, 6.45) is -0.138. The zero-order valence-corrected chi connectivity index (χ0v) is 18.9. The number of alkyl halides is 1. The summed E-state index contributed by atoms with van der Waals surface area (Å²) in [7, 11) is 0. The number of hydrogen-bond acceptors (Lipinski definition) is 5. The average molecular weight is 469 g/mol. The first kappa shape index (κ1) is 23.5. The Balaban J connectivity index is 1.59. The minimum atomic E-state index is -1.33. The molecule has 4 rings (SSSR count). The SMILES string of the molecule is CC(C)c1ccc(C(NC(=O)C2CC(F)CN2C(=O)Cc2cn[nH]n2)c2ccccc2)nc1F. The molecule has 1 fully saturated rings. The molecule has 8 nitrogen and oxygen atoms in total. The molecule has 0 bridgehead atoms. The Morgan fingerprint density at radius 3 is 2.62 bits per heavy atom. The first-order valence-electron chi connectivity index (χ1n) is 11.1. The minimum Gasteiger partial charge on any atom is -0.342 e. The highest BCUT2D eigenvalue weighted by Gasteiger charge is 2.40. The van der Waals surface area contributed by atoms with E-state index >= 15 is 0 Å². The van der Waals surface area contributed by atoms with Crippen molar-refractivity contribution < 1.29 is 18.4 Å². The zero-order chi connectivity index (χ0) is 24.2. The van der Waals surface area contributed by atoms with Gasteiger partial charge in [-0.1, -0.05) is 50.2 Å². The number of amides is 2. The van der Waals surface area contributed by atoms with Gasteiger partial charge in [0.15, 0.2) is 0 Å². The highest BCUT2D eigenvalue weighted by Crippen LogP contribution is 2.27. The van der Waals surface area contributed by atoms with Crippen molar-refractivity contribution >= 4 is 11.8 Å². The molecule has 3 aromatic rings. The van der Waals surface area contributed by atoms with Gasteiger partial charge in [0.25, 0.3) is 0 Å². The number of pyridine rings is 1. The van der Waals surface area contributed by atoms with Crippen molar-refractivity contribution in [2.45, 2.75) is 50.9 Å². The molecule has 178 valence electrons. The predicted molar refractivity (Wildman–Crippen MR) is 120 cm³/mol. The molecule has 1 aromatic carbocycles. The molecule has 2 N–H and O–H groups in total. The molecule has 1 saturated heterocycles. The number of aromatic amines is 1. The third kappa shape index (κ3) is 5.11. The monoisotopic (exact) mass is 468 g/mol. The van der Waals surface area contributed by atoms with Crippen molar-refractivity contribution in [2.75, 3.05) is 6.54 Å². The molecule has 10 heteroatoms. The molecule has 2 aromatic heterocycles. The maximum atomic E-state index is 14.7. The van der Waals surface area contributed by atoms with Crippen molar-refractivity contribution in [3.05, 3.63) is 77.1 Å². The van der Waals surface area contributed by atoms with Gasteiger partial charge in [0.1, 0.15) is 12.2 Å². The zero-order valence-electron chi connectivity index (χ0n) is 18.9. The number of carbonyl (C=O) groups excluding carboxylic acids is 2. The Hall–Kier alpha value is -3.69. The summed E-state index contributed by atoms with van der Waals surface area (Å²) in [5.41, 5.74) is 1.88. The third-order valence-corrected chi connectivity index (χ3v) is 5.91. The van der Waals surface area contributed by atoms with Crippen molar-refractivity contribution in [3.8, 4) is 0 Å². The van der Waals surface area contributed by atoms with Crippen molar-refractivity contribution in [2.24, 2.45) is 0 Å².